The van der Waals surface area contributed by atoms with Crippen LogP contribution in [0.1, 0.15) is 11.1 Å². The molecule has 2 N–H and O–H groups in total. The van der Waals surface area contributed by atoms with Crippen molar-refractivity contribution in [3.63, 3.8) is 0 Å². The lowest BCUT2D eigenvalue weighted by Gasteiger charge is -2.03. The summed E-state index contributed by atoms with van der Waals surface area (Å²) in [5, 5.41) is 9.43. The first kappa shape index (κ1) is 11.8. The molecule has 0 radical (unpaired) electrons. The van der Waals surface area contributed by atoms with Crippen LogP contribution in [0.3, 0.4) is 0 Å². The van der Waals surface area contributed by atoms with E-state index in [-0.39, 0.29) is 11.7 Å². The van der Waals surface area contributed by atoms with E-state index < -0.39 is 0 Å². The monoisotopic (exact) mass is 241 g/mol. The molecule has 1 aromatic carbocycles. The molecule has 1 aromatic rings. The van der Waals surface area contributed by atoms with Gasteiger partial charge in [-0.1, -0.05) is 11.6 Å². The highest BCUT2D eigenvalue weighted by Crippen LogP contribution is 2.26. The van der Waals surface area contributed by atoms with E-state index >= 15 is 0 Å². The smallest absolute Gasteiger partial charge is 0.115 e. The SMILES string of the molecule is Cc1cc(C#N)c(N=C(N)CCl)cc1Cl. The lowest BCUT2D eigenvalue weighted by Crippen LogP contribution is -2.12. The molecule has 0 amide bonds. The largest absolute Gasteiger partial charge is 0.386 e. The first-order valence-corrected chi connectivity index (χ1v) is 5.09. The molecule has 0 bridgehead atoms. The van der Waals surface area contributed by atoms with Crippen molar-refractivity contribution in [2.75, 3.05) is 5.88 Å². The maximum absolute atomic E-state index is 8.88. The van der Waals surface area contributed by atoms with E-state index in [1.165, 1.54) is 0 Å². The van der Waals surface area contributed by atoms with Crippen molar-refractivity contribution in [2.45, 2.75) is 6.92 Å². The molecule has 0 fully saturated rings. The molecular weight excluding hydrogens is 233 g/mol. The van der Waals surface area contributed by atoms with Gasteiger partial charge in [0, 0.05) is 5.02 Å². The number of halogens is 2. The van der Waals surface area contributed by atoms with Crippen molar-refractivity contribution in [1.82, 2.24) is 0 Å². The number of aryl methyl sites for hydroxylation is 1. The van der Waals surface area contributed by atoms with E-state index in [1.54, 1.807) is 12.1 Å². The minimum atomic E-state index is 0.121. The molecule has 3 nitrogen and oxygen atoms in total. The highest BCUT2D eigenvalue weighted by molar-refractivity contribution is 6.31. The first-order chi connectivity index (χ1) is 7.08. The van der Waals surface area contributed by atoms with Crippen molar-refractivity contribution in [1.29, 1.82) is 5.26 Å². The number of amidine groups is 1. The van der Waals surface area contributed by atoms with Crippen LogP contribution >= 0.6 is 23.2 Å². The van der Waals surface area contributed by atoms with Crippen LogP contribution in [-0.2, 0) is 0 Å². The second kappa shape index (κ2) is 5.01. The van der Waals surface area contributed by atoms with Gasteiger partial charge < -0.3 is 5.73 Å². The highest BCUT2D eigenvalue weighted by atomic mass is 35.5. The molecule has 0 aliphatic rings. The molecule has 0 aliphatic heterocycles. The zero-order valence-electron chi connectivity index (χ0n) is 8.09. The minimum absolute atomic E-state index is 0.121. The fourth-order valence-corrected chi connectivity index (χ4v) is 1.26. The lowest BCUT2D eigenvalue weighted by molar-refractivity contribution is 1.37. The maximum atomic E-state index is 8.88. The number of benzene rings is 1. The van der Waals surface area contributed by atoms with Crippen LogP contribution in [0.25, 0.3) is 0 Å². The molecule has 0 saturated carbocycles. The Bertz CT molecular complexity index is 447. The van der Waals surface area contributed by atoms with E-state index in [0.29, 0.717) is 16.3 Å². The molecule has 1 rings (SSSR count). The number of alkyl halides is 1. The van der Waals surface area contributed by atoms with Gasteiger partial charge in [-0.15, -0.1) is 11.6 Å². The van der Waals surface area contributed by atoms with Gasteiger partial charge in [0.25, 0.3) is 0 Å². The summed E-state index contributed by atoms with van der Waals surface area (Å²) in [7, 11) is 0. The average Bonchev–Trinajstić information content (AvgIpc) is 2.22. The molecule has 0 aliphatic carbocycles. The Morgan fingerprint density at radius 3 is 2.80 bits per heavy atom. The van der Waals surface area contributed by atoms with Crippen molar-refractivity contribution >= 4 is 34.7 Å². The van der Waals surface area contributed by atoms with Gasteiger partial charge in [0.15, 0.2) is 0 Å². The van der Waals surface area contributed by atoms with Gasteiger partial charge in [0.2, 0.25) is 0 Å². The van der Waals surface area contributed by atoms with Crippen LogP contribution in [0.5, 0.6) is 0 Å². The van der Waals surface area contributed by atoms with Gasteiger partial charge in [0.05, 0.1) is 17.1 Å². The number of aliphatic imine (C=N–C) groups is 1. The van der Waals surface area contributed by atoms with E-state index in [9.17, 15) is 0 Å². The Hall–Kier alpha value is -1.24. The molecule has 0 spiro atoms. The third-order valence-corrected chi connectivity index (χ3v) is 2.48. The van der Waals surface area contributed by atoms with E-state index in [4.69, 9.17) is 34.2 Å². The van der Waals surface area contributed by atoms with Crippen LogP contribution in [0.15, 0.2) is 17.1 Å². The normalized spacial score (nSPS) is 11.2. The number of hydrogen-bond acceptors (Lipinski definition) is 2. The number of rotatable bonds is 2. The minimum Gasteiger partial charge on any atom is -0.386 e. The predicted octanol–water partition coefficient (Wildman–Crippen LogP) is 2.75. The summed E-state index contributed by atoms with van der Waals surface area (Å²) in [5.74, 6) is 0.379. The molecule has 0 saturated heterocycles. The Labute approximate surface area is 98.1 Å². The molecule has 5 heteroatoms. The van der Waals surface area contributed by atoms with Crippen LogP contribution < -0.4 is 5.73 Å². The summed E-state index contributed by atoms with van der Waals surface area (Å²) >= 11 is 11.4. The Balaban J connectivity index is 3.30. The lowest BCUT2D eigenvalue weighted by atomic mass is 10.1. The molecule has 0 heterocycles. The number of nitriles is 1. The van der Waals surface area contributed by atoms with E-state index in [1.807, 2.05) is 13.0 Å². The first-order valence-electron chi connectivity index (χ1n) is 4.17. The number of hydrogen-bond donors (Lipinski definition) is 1. The summed E-state index contributed by atoms with van der Waals surface area (Å²) in [6, 6.07) is 5.30. The van der Waals surface area contributed by atoms with Crippen molar-refractivity contribution in [3.05, 3.63) is 28.3 Å². The third-order valence-electron chi connectivity index (χ3n) is 1.80. The Morgan fingerprint density at radius 1 is 1.60 bits per heavy atom. The second-order valence-corrected chi connectivity index (χ2v) is 3.64. The van der Waals surface area contributed by atoms with Gasteiger partial charge in [-0.05, 0) is 24.6 Å². The topological polar surface area (TPSA) is 62.2 Å². The van der Waals surface area contributed by atoms with Crippen LogP contribution in [0.2, 0.25) is 5.02 Å². The quantitative estimate of drug-likeness (QED) is 0.492. The van der Waals surface area contributed by atoms with Gasteiger partial charge >= 0.3 is 0 Å². The van der Waals surface area contributed by atoms with Gasteiger partial charge in [-0.25, -0.2) is 4.99 Å². The Kier molecular flexibility index (Phi) is 3.96. The molecular formula is C10H9Cl2N3. The van der Waals surface area contributed by atoms with Crippen LogP contribution in [-0.4, -0.2) is 11.7 Å². The summed E-state index contributed by atoms with van der Waals surface area (Å²) in [5.41, 5.74) is 7.20. The number of nitrogens with zero attached hydrogens (tertiary/aromatic N) is 2. The van der Waals surface area contributed by atoms with E-state index in [0.717, 1.165) is 5.56 Å². The molecule has 78 valence electrons. The highest BCUT2D eigenvalue weighted by Gasteiger charge is 2.05. The zero-order chi connectivity index (χ0) is 11.4. The van der Waals surface area contributed by atoms with Crippen LogP contribution in [0, 0.1) is 18.3 Å². The van der Waals surface area contributed by atoms with Crippen molar-refractivity contribution < 1.29 is 0 Å². The summed E-state index contributed by atoms with van der Waals surface area (Å²) in [6.45, 7) is 1.82. The number of nitrogens with two attached hydrogens (primary N) is 1. The molecule has 0 unspecified atom stereocenters. The van der Waals surface area contributed by atoms with Gasteiger partial charge in [0.1, 0.15) is 11.9 Å². The maximum Gasteiger partial charge on any atom is 0.115 e. The fourth-order valence-electron chi connectivity index (χ4n) is 1.04. The van der Waals surface area contributed by atoms with Gasteiger partial charge in [-0.2, -0.15) is 5.26 Å². The van der Waals surface area contributed by atoms with E-state index in [2.05, 4.69) is 4.99 Å². The molecule has 0 atom stereocenters. The van der Waals surface area contributed by atoms with Crippen molar-refractivity contribution in [2.24, 2.45) is 10.7 Å². The Morgan fingerprint density at radius 2 is 2.27 bits per heavy atom. The van der Waals surface area contributed by atoms with Crippen LogP contribution in [0.4, 0.5) is 5.69 Å². The summed E-state index contributed by atoms with van der Waals surface area (Å²) in [6.07, 6.45) is 0. The molecule has 15 heavy (non-hydrogen) atoms. The second-order valence-electron chi connectivity index (χ2n) is 2.97. The molecule has 0 aromatic heterocycles. The zero-order valence-corrected chi connectivity index (χ0v) is 9.60. The third kappa shape index (κ3) is 2.85. The average molecular weight is 242 g/mol. The van der Waals surface area contributed by atoms with Crippen molar-refractivity contribution in [3.8, 4) is 6.07 Å². The fraction of sp³-hybridized carbons (Fsp3) is 0.200. The van der Waals surface area contributed by atoms with Gasteiger partial charge in [-0.3, -0.25) is 0 Å². The standard InChI is InChI=1S/C10H9Cl2N3/c1-6-2-7(5-13)9(3-8(6)12)15-10(14)4-11/h2-3H,4H2,1H3,(H2,14,15). The summed E-state index contributed by atoms with van der Waals surface area (Å²) < 4.78 is 0. The summed E-state index contributed by atoms with van der Waals surface area (Å²) in [4.78, 5) is 4.01. The predicted molar refractivity (Wildman–Crippen MR) is 62.9 cm³/mol.